The van der Waals surface area contributed by atoms with Gasteiger partial charge in [0.2, 0.25) is 5.88 Å². The molecule has 5 aromatic rings. The van der Waals surface area contributed by atoms with E-state index < -0.39 is 11.9 Å². The van der Waals surface area contributed by atoms with E-state index in [0.29, 0.717) is 37.0 Å². The van der Waals surface area contributed by atoms with Crippen molar-refractivity contribution in [1.29, 1.82) is 0 Å². The molecule has 0 aliphatic carbocycles. The average molecular weight is 532 g/mol. The molecule has 5 rings (SSSR count). The van der Waals surface area contributed by atoms with Gasteiger partial charge in [0.1, 0.15) is 35.4 Å². The Labute approximate surface area is 225 Å². The molecule has 0 bridgehead atoms. The molecule has 3 aromatic heterocycles. The van der Waals surface area contributed by atoms with Gasteiger partial charge in [-0.3, -0.25) is 4.90 Å². The number of nitrogens with zero attached hydrogens (tertiary/aromatic N) is 3. The molecule has 3 heterocycles. The highest BCUT2D eigenvalue weighted by molar-refractivity contribution is 5.65. The highest BCUT2D eigenvalue weighted by Gasteiger charge is 2.24. The first-order valence-corrected chi connectivity index (χ1v) is 12.6. The third-order valence-electron chi connectivity index (χ3n) is 6.09. The van der Waals surface area contributed by atoms with E-state index in [4.69, 9.17) is 23.4 Å². The molecule has 1 N–H and O–H groups in total. The van der Waals surface area contributed by atoms with Crippen LogP contribution in [0.15, 0.2) is 100 Å². The number of hydrogen-bond donors (Lipinski definition) is 1. The van der Waals surface area contributed by atoms with Crippen molar-refractivity contribution >= 4 is 0 Å². The van der Waals surface area contributed by atoms with Gasteiger partial charge in [-0.15, -0.1) is 0 Å². The third kappa shape index (κ3) is 7.02. The normalized spacial score (nSPS) is 12.2. The highest BCUT2D eigenvalue weighted by atomic mass is 19.1. The lowest BCUT2D eigenvalue weighted by Crippen LogP contribution is -2.34. The number of aromatic nitrogens is 2. The molecular formula is C30H30FN3O5. The quantitative estimate of drug-likeness (QED) is 0.206. The fourth-order valence-corrected chi connectivity index (χ4v) is 4.37. The minimum Gasteiger partial charge on any atom is -0.468 e. The van der Waals surface area contributed by atoms with E-state index in [1.165, 1.54) is 12.1 Å². The van der Waals surface area contributed by atoms with Gasteiger partial charge in [-0.25, -0.2) is 9.07 Å². The Morgan fingerprint density at radius 2 is 1.72 bits per heavy atom. The van der Waals surface area contributed by atoms with Crippen molar-refractivity contribution in [2.24, 2.45) is 7.05 Å². The van der Waals surface area contributed by atoms with Crippen LogP contribution in [0.2, 0.25) is 0 Å². The predicted molar refractivity (Wildman–Crippen MR) is 142 cm³/mol. The minimum atomic E-state index is -0.778. The van der Waals surface area contributed by atoms with Crippen LogP contribution in [-0.2, 0) is 31.5 Å². The fraction of sp³-hybridized carbons (Fsp3) is 0.233. The van der Waals surface area contributed by atoms with Gasteiger partial charge >= 0.3 is 0 Å². The molecule has 0 spiro atoms. The fourth-order valence-electron chi connectivity index (χ4n) is 4.37. The van der Waals surface area contributed by atoms with E-state index in [-0.39, 0.29) is 13.2 Å². The zero-order valence-electron chi connectivity index (χ0n) is 21.6. The molecule has 1 atom stereocenters. The second kappa shape index (κ2) is 12.6. The molecule has 0 aliphatic heterocycles. The van der Waals surface area contributed by atoms with Gasteiger partial charge in [0, 0.05) is 31.8 Å². The SMILES string of the molecule is Cn1nc(-c2ccccc2)c(CN(Cc2ccco2)C[C@H](O)COCc2ccco2)c1Oc1cccc(F)c1. The molecule has 0 radical (unpaired) electrons. The van der Waals surface area contributed by atoms with Gasteiger partial charge in [-0.1, -0.05) is 36.4 Å². The summed E-state index contributed by atoms with van der Waals surface area (Å²) < 4.78 is 38.3. The zero-order valence-corrected chi connectivity index (χ0v) is 21.6. The summed E-state index contributed by atoms with van der Waals surface area (Å²) in [6.45, 7) is 1.50. The zero-order chi connectivity index (χ0) is 27.0. The van der Waals surface area contributed by atoms with Crippen LogP contribution in [0.5, 0.6) is 11.6 Å². The molecule has 0 saturated carbocycles. The van der Waals surface area contributed by atoms with Crippen molar-refractivity contribution in [2.75, 3.05) is 13.2 Å². The summed E-state index contributed by atoms with van der Waals surface area (Å²) in [4.78, 5) is 2.04. The first-order chi connectivity index (χ1) is 19.0. The summed E-state index contributed by atoms with van der Waals surface area (Å²) in [5, 5.41) is 15.6. The molecule has 0 saturated heterocycles. The molecule has 0 amide bonds. The summed E-state index contributed by atoms with van der Waals surface area (Å²) in [5.74, 6) is 1.89. The Bertz CT molecular complexity index is 1440. The lowest BCUT2D eigenvalue weighted by Gasteiger charge is -2.25. The predicted octanol–water partition coefficient (Wildman–Crippen LogP) is 5.78. The van der Waals surface area contributed by atoms with Crippen molar-refractivity contribution in [3.05, 3.63) is 114 Å². The van der Waals surface area contributed by atoms with Gasteiger partial charge in [0.25, 0.3) is 0 Å². The Morgan fingerprint density at radius 1 is 0.949 bits per heavy atom. The number of aliphatic hydroxyl groups is 1. The molecule has 0 unspecified atom stereocenters. The van der Waals surface area contributed by atoms with Crippen LogP contribution in [0.25, 0.3) is 11.3 Å². The number of halogens is 1. The molecule has 8 nitrogen and oxygen atoms in total. The Balaban J connectivity index is 1.41. The summed E-state index contributed by atoms with van der Waals surface area (Å²) in [6, 6.07) is 23.1. The van der Waals surface area contributed by atoms with Crippen molar-refractivity contribution in [3.8, 4) is 22.9 Å². The molecule has 202 valence electrons. The molecule has 9 heteroatoms. The minimum absolute atomic E-state index is 0.126. The monoisotopic (exact) mass is 531 g/mol. The number of aryl methyl sites for hydroxylation is 1. The highest BCUT2D eigenvalue weighted by Crippen LogP contribution is 2.34. The van der Waals surface area contributed by atoms with Crippen molar-refractivity contribution in [3.63, 3.8) is 0 Å². The van der Waals surface area contributed by atoms with Crippen LogP contribution >= 0.6 is 0 Å². The average Bonchev–Trinajstić information content (AvgIpc) is 3.69. The Kier molecular flexibility index (Phi) is 8.52. The molecule has 0 aliphatic rings. The number of furan rings is 2. The maximum Gasteiger partial charge on any atom is 0.222 e. The van der Waals surface area contributed by atoms with E-state index in [1.54, 1.807) is 42.5 Å². The lowest BCUT2D eigenvalue weighted by molar-refractivity contribution is 0.00156. The Hall–Kier alpha value is -4.18. The van der Waals surface area contributed by atoms with E-state index >= 15 is 0 Å². The van der Waals surface area contributed by atoms with E-state index in [0.717, 1.165) is 22.6 Å². The van der Waals surface area contributed by atoms with Crippen LogP contribution in [-0.4, -0.2) is 39.0 Å². The van der Waals surface area contributed by atoms with Gasteiger partial charge in [0.15, 0.2) is 0 Å². The summed E-state index contributed by atoms with van der Waals surface area (Å²) in [6.07, 6.45) is 2.43. The van der Waals surface area contributed by atoms with Gasteiger partial charge in [-0.2, -0.15) is 5.10 Å². The van der Waals surface area contributed by atoms with Crippen LogP contribution in [0.1, 0.15) is 17.1 Å². The van der Waals surface area contributed by atoms with Gasteiger partial charge in [0.05, 0.1) is 37.3 Å². The van der Waals surface area contributed by atoms with Crippen molar-refractivity contribution in [1.82, 2.24) is 14.7 Å². The van der Waals surface area contributed by atoms with E-state index in [1.807, 2.05) is 53.4 Å². The first-order valence-electron chi connectivity index (χ1n) is 12.6. The van der Waals surface area contributed by atoms with Crippen LogP contribution in [0.4, 0.5) is 4.39 Å². The summed E-state index contributed by atoms with van der Waals surface area (Å²) in [7, 11) is 1.79. The topological polar surface area (TPSA) is 86.0 Å². The van der Waals surface area contributed by atoms with Crippen molar-refractivity contribution in [2.45, 2.75) is 25.8 Å². The first kappa shape index (κ1) is 26.4. The lowest BCUT2D eigenvalue weighted by atomic mass is 10.1. The summed E-state index contributed by atoms with van der Waals surface area (Å²) >= 11 is 0. The molecule has 2 aromatic carbocycles. The molecule has 0 fully saturated rings. The largest absolute Gasteiger partial charge is 0.468 e. The van der Waals surface area contributed by atoms with E-state index in [2.05, 4.69) is 0 Å². The van der Waals surface area contributed by atoms with Gasteiger partial charge < -0.3 is 23.4 Å². The second-order valence-electron chi connectivity index (χ2n) is 9.18. The van der Waals surface area contributed by atoms with Crippen LogP contribution in [0.3, 0.4) is 0 Å². The number of rotatable bonds is 13. The number of ether oxygens (including phenoxy) is 2. The molecule has 39 heavy (non-hydrogen) atoms. The van der Waals surface area contributed by atoms with Gasteiger partial charge in [-0.05, 0) is 36.4 Å². The van der Waals surface area contributed by atoms with E-state index in [9.17, 15) is 9.50 Å². The third-order valence-corrected chi connectivity index (χ3v) is 6.09. The van der Waals surface area contributed by atoms with Crippen LogP contribution < -0.4 is 4.74 Å². The maximum atomic E-state index is 13.9. The van der Waals surface area contributed by atoms with Crippen LogP contribution in [0, 0.1) is 5.82 Å². The number of aliphatic hydroxyl groups excluding tert-OH is 1. The smallest absolute Gasteiger partial charge is 0.222 e. The second-order valence-corrected chi connectivity index (χ2v) is 9.18. The number of benzene rings is 2. The molecular weight excluding hydrogens is 501 g/mol. The standard InChI is InChI=1S/C30H30FN3O5/c1-33-30(39-25-11-5-10-23(31)16-25)28(29(32-33)22-8-3-2-4-9-22)19-34(18-26-12-6-14-37-26)17-24(35)20-36-21-27-13-7-15-38-27/h2-16,24,35H,17-21H2,1H3/t24-/m0/s1. The van der Waals surface area contributed by atoms with Crippen molar-refractivity contribution < 1.29 is 27.8 Å². The summed E-state index contributed by atoms with van der Waals surface area (Å²) in [5.41, 5.74) is 2.44. The Morgan fingerprint density at radius 3 is 2.44 bits per heavy atom. The maximum absolute atomic E-state index is 13.9. The number of hydrogen-bond acceptors (Lipinski definition) is 7.